The van der Waals surface area contributed by atoms with Crippen molar-refractivity contribution in [3.63, 3.8) is 0 Å². The number of benzene rings is 1. The van der Waals surface area contributed by atoms with E-state index in [1.165, 1.54) is 4.57 Å². The number of para-hydroxylation sites is 1. The van der Waals surface area contributed by atoms with E-state index in [0.717, 1.165) is 30.3 Å². The van der Waals surface area contributed by atoms with Gasteiger partial charge in [-0.2, -0.15) is 0 Å². The van der Waals surface area contributed by atoms with Crippen LogP contribution in [0, 0.1) is 5.92 Å². The number of fused-ring (bicyclic) bond motifs is 1. The number of pyridine rings is 1. The Morgan fingerprint density at radius 2 is 2.08 bits per heavy atom. The Bertz CT molecular complexity index is 890. The van der Waals surface area contributed by atoms with Crippen molar-refractivity contribution in [1.29, 1.82) is 0 Å². The van der Waals surface area contributed by atoms with E-state index in [9.17, 15) is 14.4 Å². The van der Waals surface area contributed by atoms with Gasteiger partial charge >= 0.3 is 0 Å². The molecule has 26 heavy (non-hydrogen) atoms. The van der Waals surface area contributed by atoms with Crippen LogP contribution in [0.2, 0.25) is 0 Å². The molecule has 0 spiro atoms. The Balaban J connectivity index is 1.64. The third-order valence-electron chi connectivity index (χ3n) is 5.00. The van der Waals surface area contributed by atoms with E-state index in [-0.39, 0.29) is 28.9 Å². The average molecular weight is 356 g/mol. The summed E-state index contributed by atoms with van der Waals surface area (Å²) in [5.41, 5.74) is 6.00. The minimum absolute atomic E-state index is 0.118. The highest BCUT2D eigenvalue weighted by Gasteiger charge is 2.23. The first-order chi connectivity index (χ1) is 12.5. The van der Waals surface area contributed by atoms with E-state index >= 15 is 0 Å². The molecule has 0 aliphatic carbocycles. The topological polar surface area (TPSA) is 97.4 Å². The predicted octanol–water partition coefficient (Wildman–Crippen LogP) is 0.466. The summed E-state index contributed by atoms with van der Waals surface area (Å²) >= 11 is 0. The molecule has 1 aromatic carbocycles. The van der Waals surface area contributed by atoms with Gasteiger partial charge in [-0.05, 0) is 36.9 Å². The van der Waals surface area contributed by atoms with Gasteiger partial charge in [-0.1, -0.05) is 18.2 Å². The second-order valence-electron chi connectivity index (χ2n) is 6.78. The van der Waals surface area contributed by atoms with Crippen LogP contribution in [-0.4, -0.2) is 47.5 Å². The average Bonchev–Trinajstić information content (AvgIpc) is 2.64. The molecule has 1 aliphatic heterocycles. The predicted molar refractivity (Wildman–Crippen MR) is 99.9 cm³/mol. The smallest absolute Gasteiger partial charge is 0.263 e. The van der Waals surface area contributed by atoms with Crippen LogP contribution in [0.4, 0.5) is 0 Å². The lowest BCUT2D eigenvalue weighted by molar-refractivity contribution is -0.123. The second kappa shape index (κ2) is 7.70. The SMILES string of the molecule is Cn1c(=O)c(C(=O)NCCN2CCCC(C(N)=O)C2)cc2ccccc21. The Hall–Kier alpha value is -2.67. The molecule has 1 saturated heterocycles. The van der Waals surface area contributed by atoms with Crippen LogP contribution in [0.3, 0.4) is 0 Å². The molecule has 0 bridgehead atoms. The van der Waals surface area contributed by atoms with Crippen molar-refractivity contribution in [2.45, 2.75) is 12.8 Å². The van der Waals surface area contributed by atoms with Crippen molar-refractivity contribution in [2.24, 2.45) is 18.7 Å². The van der Waals surface area contributed by atoms with Crippen molar-refractivity contribution in [2.75, 3.05) is 26.2 Å². The lowest BCUT2D eigenvalue weighted by atomic mass is 9.97. The lowest BCUT2D eigenvalue weighted by Gasteiger charge is -2.31. The molecule has 7 heteroatoms. The molecule has 138 valence electrons. The molecule has 1 unspecified atom stereocenters. The number of nitrogens with two attached hydrogens (primary N) is 1. The first-order valence-electron chi connectivity index (χ1n) is 8.86. The molecule has 1 atom stereocenters. The van der Waals surface area contributed by atoms with Crippen LogP contribution in [0.15, 0.2) is 35.1 Å². The van der Waals surface area contributed by atoms with Crippen LogP contribution >= 0.6 is 0 Å². The van der Waals surface area contributed by atoms with Gasteiger partial charge in [0, 0.05) is 26.7 Å². The number of carbonyl (C=O) groups excluding carboxylic acids is 2. The minimum Gasteiger partial charge on any atom is -0.369 e. The Morgan fingerprint density at radius 3 is 2.85 bits per heavy atom. The van der Waals surface area contributed by atoms with Crippen LogP contribution in [0.25, 0.3) is 10.9 Å². The summed E-state index contributed by atoms with van der Waals surface area (Å²) in [5.74, 6) is -0.759. The van der Waals surface area contributed by atoms with Crippen molar-refractivity contribution in [3.8, 4) is 0 Å². The largest absolute Gasteiger partial charge is 0.369 e. The molecule has 3 rings (SSSR count). The third kappa shape index (κ3) is 3.77. The van der Waals surface area contributed by atoms with E-state index in [1.54, 1.807) is 13.1 Å². The third-order valence-corrected chi connectivity index (χ3v) is 5.00. The highest BCUT2D eigenvalue weighted by Crippen LogP contribution is 2.15. The molecule has 1 fully saturated rings. The molecular weight excluding hydrogens is 332 g/mol. The van der Waals surface area contributed by atoms with E-state index in [1.807, 2.05) is 24.3 Å². The van der Waals surface area contributed by atoms with Crippen LogP contribution in [-0.2, 0) is 11.8 Å². The number of carbonyl (C=O) groups is 2. The zero-order chi connectivity index (χ0) is 18.7. The normalized spacial score (nSPS) is 18.0. The van der Waals surface area contributed by atoms with Crippen molar-refractivity contribution >= 4 is 22.7 Å². The maximum Gasteiger partial charge on any atom is 0.263 e. The fourth-order valence-electron chi connectivity index (χ4n) is 3.50. The summed E-state index contributed by atoms with van der Waals surface area (Å²) in [7, 11) is 1.67. The highest BCUT2D eigenvalue weighted by atomic mass is 16.2. The molecule has 0 saturated carbocycles. The monoisotopic (exact) mass is 356 g/mol. The van der Waals surface area contributed by atoms with Gasteiger partial charge in [-0.3, -0.25) is 14.4 Å². The first kappa shape index (κ1) is 18.1. The number of hydrogen-bond donors (Lipinski definition) is 2. The first-order valence-corrected chi connectivity index (χ1v) is 8.86. The standard InChI is InChI=1S/C19H24N4O3/c1-22-16-7-3-2-5-13(16)11-15(19(22)26)18(25)21-8-10-23-9-4-6-14(12-23)17(20)24/h2-3,5,7,11,14H,4,6,8-10,12H2,1H3,(H2,20,24)(H,21,25). The second-order valence-corrected chi connectivity index (χ2v) is 6.78. The molecular formula is C19H24N4O3. The van der Waals surface area contributed by atoms with E-state index in [2.05, 4.69) is 10.2 Å². The molecule has 3 N–H and O–H groups in total. The maximum absolute atomic E-state index is 12.5. The number of hydrogen-bond acceptors (Lipinski definition) is 4. The maximum atomic E-state index is 12.5. The number of amides is 2. The number of likely N-dealkylation sites (tertiary alicyclic amines) is 1. The van der Waals surface area contributed by atoms with E-state index in [0.29, 0.717) is 19.6 Å². The lowest BCUT2D eigenvalue weighted by Crippen LogP contribution is -2.44. The quantitative estimate of drug-likeness (QED) is 0.813. The summed E-state index contributed by atoms with van der Waals surface area (Å²) in [6, 6.07) is 9.10. The molecule has 2 heterocycles. The molecule has 2 aromatic rings. The van der Waals surface area contributed by atoms with Gasteiger partial charge in [-0.15, -0.1) is 0 Å². The number of nitrogens with zero attached hydrogens (tertiary/aromatic N) is 2. The summed E-state index contributed by atoms with van der Waals surface area (Å²) in [4.78, 5) is 38.4. The summed E-state index contributed by atoms with van der Waals surface area (Å²) in [5, 5.41) is 3.66. The van der Waals surface area contributed by atoms with Crippen LogP contribution in [0.1, 0.15) is 23.2 Å². The molecule has 0 radical (unpaired) electrons. The number of aromatic nitrogens is 1. The zero-order valence-electron chi connectivity index (χ0n) is 14.9. The van der Waals surface area contributed by atoms with Crippen molar-refractivity contribution < 1.29 is 9.59 Å². The molecule has 1 aliphatic rings. The van der Waals surface area contributed by atoms with E-state index in [4.69, 9.17) is 5.73 Å². The summed E-state index contributed by atoms with van der Waals surface area (Å²) in [6.07, 6.45) is 1.75. The van der Waals surface area contributed by atoms with Gasteiger partial charge < -0.3 is 20.5 Å². The minimum atomic E-state index is -0.375. The van der Waals surface area contributed by atoms with Crippen molar-refractivity contribution in [3.05, 3.63) is 46.2 Å². The van der Waals surface area contributed by atoms with Gasteiger partial charge in [0.05, 0.1) is 11.4 Å². The van der Waals surface area contributed by atoms with Gasteiger partial charge in [0.1, 0.15) is 5.56 Å². The van der Waals surface area contributed by atoms with Crippen molar-refractivity contribution in [1.82, 2.24) is 14.8 Å². The fraction of sp³-hybridized carbons (Fsp3) is 0.421. The van der Waals surface area contributed by atoms with Crippen LogP contribution < -0.4 is 16.6 Å². The van der Waals surface area contributed by atoms with Gasteiger partial charge in [-0.25, -0.2) is 0 Å². The van der Waals surface area contributed by atoms with E-state index < -0.39 is 0 Å². The fourth-order valence-corrected chi connectivity index (χ4v) is 3.50. The Labute approximate surface area is 151 Å². The number of nitrogens with one attached hydrogen (secondary N) is 1. The Kier molecular flexibility index (Phi) is 5.37. The zero-order valence-corrected chi connectivity index (χ0v) is 14.9. The number of rotatable bonds is 5. The van der Waals surface area contributed by atoms with Gasteiger partial charge in [0.2, 0.25) is 5.91 Å². The van der Waals surface area contributed by atoms with Gasteiger partial charge in [0.25, 0.3) is 11.5 Å². The van der Waals surface area contributed by atoms with Gasteiger partial charge in [0.15, 0.2) is 0 Å². The molecule has 2 amide bonds. The molecule has 7 nitrogen and oxygen atoms in total. The number of piperidine rings is 1. The summed E-state index contributed by atoms with van der Waals surface area (Å²) in [6.45, 7) is 2.56. The number of primary amides is 1. The Morgan fingerprint density at radius 1 is 1.31 bits per heavy atom. The van der Waals surface area contributed by atoms with Crippen LogP contribution in [0.5, 0.6) is 0 Å². The summed E-state index contributed by atoms with van der Waals surface area (Å²) < 4.78 is 1.49. The molecule has 1 aromatic heterocycles. The number of aryl methyl sites for hydroxylation is 1. The highest BCUT2D eigenvalue weighted by molar-refractivity contribution is 5.97.